The molecule has 6 rings (SSSR count). The van der Waals surface area contributed by atoms with Crippen LogP contribution in [0.4, 0.5) is 0 Å². The number of ether oxygens (including phenoxy) is 4. The van der Waals surface area contributed by atoms with Crippen LogP contribution in [0.15, 0.2) is 35.5 Å². The third kappa shape index (κ3) is 3.14. The van der Waals surface area contributed by atoms with Gasteiger partial charge in [0, 0.05) is 0 Å². The average Bonchev–Trinajstić information content (AvgIpc) is 3.49. The molecule has 166 valence electrons. The van der Waals surface area contributed by atoms with Gasteiger partial charge in [-0.15, -0.1) is 0 Å². The third-order valence-corrected chi connectivity index (χ3v) is 10.1. The Morgan fingerprint density at radius 3 is 2.61 bits per heavy atom. The van der Waals surface area contributed by atoms with E-state index in [4.69, 9.17) is 35.4 Å². The Labute approximate surface area is 190 Å². The maximum absolute atomic E-state index is 13.0. The zero-order valence-corrected chi connectivity index (χ0v) is 19.3. The van der Waals surface area contributed by atoms with Crippen molar-refractivity contribution in [1.29, 1.82) is 0 Å². The molecule has 2 bridgehead atoms. The number of carbonyl (C=O) groups is 1. The van der Waals surface area contributed by atoms with Gasteiger partial charge in [0.25, 0.3) is 0 Å². The van der Waals surface area contributed by atoms with Gasteiger partial charge < -0.3 is 0 Å². The van der Waals surface area contributed by atoms with Crippen LogP contribution in [0.3, 0.4) is 0 Å². The summed E-state index contributed by atoms with van der Waals surface area (Å²) in [6, 6.07) is 10.0. The average molecular weight is 515 g/mol. The predicted octanol–water partition coefficient (Wildman–Crippen LogP) is 0.370. The fourth-order valence-corrected chi connectivity index (χ4v) is 8.33. The molecule has 10 atom stereocenters. The second-order valence-corrected chi connectivity index (χ2v) is 12.0. The number of oxime groups is 1. The van der Waals surface area contributed by atoms with Gasteiger partial charge in [-0.2, -0.15) is 0 Å². The van der Waals surface area contributed by atoms with Gasteiger partial charge in [-0.05, 0) is 0 Å². The molecule has 0 aliphatic carbocycles. The van der Waals surface area contributed by atoms with Gasteiger partial charge in [0.05, 0.1) is 0 Å². The van der Waals surface area contributed by atoms with Gasteiger partial charge in [0.2, 0.25) is 0 Å². The molecule has 8 nitrogen and oxygen atoms in total. The molecule has 1 aromatic carbocycles. The van der Waals surface area contributed by atoms with Crippen molar-refractivity contribution in [1.82, 2.24) is 0 Å². The monoisotopic (exact) mass is 515 g/mol. The van der Waals surface area contributed by atoms with Crippen LogP contribution in [0.2, 0.25) is 4.82 Å². The number of aliphatic hydroxyl groups is 1. The van der Waals surface area contributed by atoms with Crippen LogP contribution in [0.5, 0.6) is 0 Å². The summed E-state index contributed by atoms with van der Waals surface area (Å²) in [5, 5.41) is 14.9. The topological polar surface area (TPSA) is 95.8 Å². The van der Waals surface area contributed by atoms with Crippen LogP contribution in [0.25, 0.3) is 0 Å². The Bertz CT molecular complexity index is 930. The first-order chi connectivity index (χ1) is 14.8. The maximum atomic E-state index is 13.0. The molecule has 0 saturated carbocycles. The van der Waals surface area contributed by atoms with Crippen LogP contribution in [0, 0.1) is 5.92 Å². The molecular weight excluding hydrogens is 493 g/mol. The van der Waals surface area contributed by atoms with Gasteiger partial charge in [-0.1, -0.05) is 0 Å². The normalized spacial score (nSPS) is 45.4. The molecule has 0 spiro atoms. The van der Waals surface area contributed by atoms with E-state index in [1.165, 1.54) is 4.46 Å². The number of hydrogen-bond acceptors (Lipinski definition) is 8. The molecular formula is C21H22ClNO7Se. The summed E-state index contributed by atoms with van der Waals surface area (Å²) in [5.41, 5.74) is 0.288. The summed E-state index contributed by atoms with van der Waals surface area (Å²) in [4.78, 5) is 18.5. The van der Waals surface area contributed by atoms with E-state index in [1.54, 1.807) is 13.8 Å². The van der Waals surface area contributed by atoms with Crippen molar-refractivity contribution >= 4 is 42.5 Å². The van der Waals surface area contributed by atoms with E-state index in [-0.39, 0.29) is 31.3 Å². The quantitative estimate of drug-likeness (QED) is 0.458. The molecule has 0 radical (unpaired) electrons. The van der Waals surface area contributed by atoms with E-state index in [1.807, 2.05) is 18.2 Å². The first-order valence-corrected chi connectivity index (χ1v) is 12.6. The second-order valence-electron chi connectivity index (χ2n) is 8.85. The number of aliphatic hydroxyl groups excluding tert-OH is 1. The third-order valence-electron chi connectivity index (χ3n) is 6.41. The molecule has 31 heavy (non-hydrogen) atoms. The minimum absolute atomic E-state index is 0.00354. The number of nitrogens with zero attached hydrogens (tertiary/aromatic N) is 1. The van der Waals surface area contributed by atoms with E-state index < -0.39 is 60.0 Å². The molecule has 5 aliphatic heterocycles. The Balaban J connectivity index is 1.21. The molecule has 1 aromatic rings. The molecule has 1 N–H and O–H groups in total. The van der Waals surface area contributed by atoms with Crippen LogP contribution >= 0.6 is 11.6 Å². The zero-order chi connectivity index (χ0) is 21.5. The molecule has 4 fully saturated rings. The standard InChI is InChI=1S/C21H22ClNO7Se/c1-21(2)28-18-17-16(27-20(18)29-21)11(23-30-17)12(24)9-13(25)15-10(22)19(14(9)26-15)31-8-6-4-3-5-7-8/h3-7,9-10,12,14-20,24H,1-2H3/t9-,10-,12-,14-,15-,16+,17-,18+,19+,20+/m1/s1. The van der Waals surface area contributed by atoms with Crippen molar-refractivity contribution in [3.63, 3.8) is 0 Å². The Hall–Kier alpha value is -1.03. The molecule has 10 heteroatoms. The summed E-state index contributed by atoms with van der Waals surface area (Å²) in [6.45, 7) is 3.61. The van der Waals surface area contributed by atoms with E-state index in [0.29, 0.717) is 0 Å². The van der Waals surface area contributed by atoms with Crippen molar-refractivity contribution in [3.8, 4) is 0 Å². The number of fused-ring (bicyclic) bond motifs is 5. The number of alkyl halides is 1. The predicted molar refractivity (Wildman–Crippen MR) is 109 cm³/mol. The fraction of sp³-hybridized carbons (Fsp3) is 0.619. The Kier molecular flexibility index (Phi) is 4.80. The molecule has 4 saturated heterocycles. The number of ketones is 1. The SMILES string of the molecule is CC1(C)O[C@@H]2O[C@H]3C([C@H](O)[C@@H]4C(=O)[C@@H]5O[C@H]4[C@@H]([Se]c4ccccc4)[C@@H]5Cl)=NO[C@H]3[C@@H]2O1. The molecule has 5 aliphatic rings. The van der Waals surface area contributed by atoms with Gasteiger partial charge >= 0.3 is 190 Å². The van der Waals surface area contributed by atoms with Crippen molar-refractivity contribution < 1.29 is 33.7 Å². The summed E-state index contributed by atoms with van der Waals surface area (Å²) < 4.78 is 24.7. The van der Waals surface area contributed by atoms with E-state index in [9.17, 15) is 9.90 Å². The van der Waals surface area contributed by atoms with Crippen molar-refractivity contribution in [2.24, 2.45) is 11.1 Å². The van der Waals surface area contributed by atoms with Crippen molar-refractivity contribution in [2.45, 2.75) is 72.7 Å². The van der Waals surface area contributed by atoms with E-state index in [0.717, 1.165) is 0 Å². The fourth-order valence-electron chi connectivity index (χ4n) is 5.08. The first kappa shape index (κ1) is 20.6. The summed E-state index contributed by atoms with van der Waals surface area (Å²) in [6.07, 6.45) is -4.55. The molecule has 0 amide bonds. The van der Waals surface area contributed by atoms with Crippen molar-refractivity contribution in [3.05, 3.63) is 30.3 Å². The van der Waals surface area contributed by atoms with Crippen LogP contribution in [0.1, 0.15) is 13.8 Å². The number of hydrogen-bond donors (Lipinski definition) is 1. The van der Waals surface area contributed by atoms with Crippen molar-refractivity contribution in [2.75, 3.05) is 0 Å². The summed E-state index contributed by atoms with van der Waals surface area (Å²) in [7, 11) is 0. The van der Waals surface area contributed by atoms with Crippen LogP contribution in [-0.4, -0.2) is 85.6 Å². The van der Waals surface area contributed by atoms with Gasteiger partial charge in [0.1, 0.15) is 0 Å². The number of benzene rings is 1. The first-order valence-electron chi connectivity index (χ1n) is 10.3. The molecule has 0 aromatic heterocycles. The summed E-state index contributed by atoms with van der Waals surface area (Å²) in [5.74, 6) is -1.71. The number of Topliss-reactive ketones (excluding diaryl/α,β-unsaturated/α-hetero) is 1. The molecule has 5 heterocycles. The molecule has 0 unspecified atom stereocenters. The van der Waals surface area contributed by atoms with Gasteiger partial charge in [-0.25, -0.2) is 0 Å². The van der Waals surface area contributed by atoms with Crippen LogP contribution in [-0.2, 0) is 28.6 Å². The Morgan fingerprint density at radius 1 is 1.10 bits per heavy atom. The van der Waals surface area contributed by atoms with E-state index >= 15 is 0 Å². The summed E-state index contributed by atoms with van der Waals surface area (Å²) >= 11 is 6.60. The van der Waals surface area contributed by atoms with Gasteiger partial charge in [0.15, 0.2) is 0 Å². The van der Waals surface area contributed by atoms with E-state index in [2.05, 4.69) is 17.3 Å². The minimum atomic E-state index is -1.18. The second kappa shape index (κ2) is 7.23. The zero-order valence-electron chi connectivity index (χ0n) is 16.8. The van der Waals surface area contributed by atoms with Gasteiger partial charge in [-0.3, -0.25) is 0 Å². The number of rotatable bonds is 4. The Morgan fingerprint density at radius 2 is 1.87 bits per heavy atom. The van der Waals surface area contributed by atoms with Crippen LogP contribution < -0.4 is 4.46 Å². The number of carbonyl (C=O) groups excluding carboxylic acids is 1. The number of halogens is 1.